The van der Waals surface area contributed by atoms with Crippen LogP contribution in [0.4, 0.5) is 0 Å². The smallest absolute Gasteiger partial charge is 0.384 e. The van der Waals surface area contributed by atoms with Crippen LogP contribution in [0.2, 0.25) is 0 Å². The lowest BCUT2D eigenvalue weighted by Crippen LogP contribution is -2.47. The Morgan fingerprint density at radius 2 is 1.44 bits per heavy atom. The first-order valence-corrected chi connectivity index (χ1v) is 9.78. The molecule has 0 fully saturated rings. The minimum atomic E-state index is -1.76. The minimum absolute atomic E-state index is 0.286. The molecule has 0 aliphatic rings. The molecule has 0 saturated carbocycles. The van der Waals surface area contributed by atoms with Gasteiger partial charge in [0.2, 0.25) is 5.60 Å². The molecular formula is C25H25NO6. The maximum absolute atomic E-state index is 13.6. The van der Waals surface area contributed by atoms with Gasteiger partial charge in [-0.05, 0) is 24.0 Å². The van der Waals surface area contributed by atoms with E-state index in [0.717, 1.165) is 23.5 Å². The number of carbonyl (C=O) groups excluding carboxylic acids is 3. The predicted octanol–water partition coefficient (Wildman–Crippen LogP) is 2.85. The van der Waals surface area contributed by atoms with Gasteiger partial charge in [-0.3, -0.25) is 4.79 Å². The lowest BCUT2D eigenvalue weighted by Gasteiger charge is -2.31. The molecule has 32 heavy (non-hydrogen) atoms. The fourth-order valence-electron chi connectivity index (χ4n) is 2.76. The highest BCUT2D eigenvalue weighted by atomic mass is 16.5. The Balaban J connectivity index is 2.40. The SMILES string of the molecule is COC(=O)C#CC(C)(O/C=C/C(=O)OC)C(=O)N(Cc1ccccc1)Cc1ccccc1. The molecule has 2 aromatic carbocycles. The fourth-order valence-corrected chi connectivity index (χ4v) is 2.76. The first-order chi connectivity index (χ1) is 15.4. The molecular weight excluding hydrogens is 410 g/mol. The molecule has 0 N–H and O–H groups in total. The van der Waals surface area contributed by atoms with E-state index in [1.54, 1.807) is 4.90 Å². The van der Waals surface area contributed by atoms with Crippen molar-refractivity contribution in [2.75, 3.05) is 14.2 Å². The number of amides is 1. The van der Waals surface area contributed by atoms with Gasteiger partial charge >= 0.3 is 11.9 Å². The van der Waals surface area contributed by atoms with E-state index in [9.17, 15) is 14.4 Å². The van der Waals surface area contributed by atoms with E-state index in [4.69, 9.17) is 4.74 Å². The number of benzene rings is 2. The van der Waals surface area contributed by atoms with Crippen molar-refractivity contribution in [1.82, 2.24) is 4.90 Å². The van der Waals surface area contributed by atoms with Gasteiger partial charge in [-0.1, -0.05) is 60.7 Å². The quantitative estimate of drug-likeness (QED) is 0.209. The van der Waals surface area contributed by atoms with Gasteiger partial charge in [0.05, 0.1) is 26.6 Å². The van der Waals surface area contributed by atoms with Gasteiger partial charge in [-0.25, -0.2) is 9.59 Å². The monoisotopic (exact) mass is 435 g/mol. The van der Waals surface area contributed by atoms with E-state index in [2.05, 4.69) is 21.3 Å². The number of ether oxygens (including phenoxy) is 3. The average molecular weight is 435 g/mol. The van der Waals surface area contributed by atoms with E-state index in [1.807, 2.05) is 60.7 Å². The summed E-state index contributed by atoms with van der Waals surface area (Å²) in [5.74, 6) is 2.84. The zero-order valence-corrected chi connectivity index (χ0v) is 18.2. The van der Waals surface area contributed by atoms with Crippen LogP contribution in [-0.2, 0) is 41.7 Å². The third-order valence-electron chi connectivity index (χ3n) is 4.43. The number of hydrogen-bond acceptors (Lipinski definition) is 6. The summed E-state index contributed by atoms with van der Waals surface area (Å²) in [6.45, 7) is 2.00. The number of hydrogen-bond donors (Lipinski definition) is 0. The highest BCUT2D eigenvalue weighted by Crippen LogP contribution is 2.19. The van der Waals surface area contributed by atoms with E-state index >= 15 is 0 Å². The van der Waals surface area contributed by atoms with Gasteiger partial charge in [-0.2, -0.15) is 0 Å². The Labute approximate surface area is 187 Å². The number of esters is 2. The normalized spacial score (nSPS) is 12.1. The van der Waals surface area contributed by atoms with Gasteiger partial charge in [0.15, 0.2) is 0 Å². The van der Waals surface area contributed by atoms with Crippen molar-refractivity contribution in [3.63, 3.8) is 0 Å². The van der Waals surface area contributed by atoms with Crippen molar-refractivity contribution in [3.8, 4) is 11.8 Å². The fraction of sp³-hybridized carbons (Fsp3) is 0.240. The topological polar surface area (TPSA) is 82.1 Å². The summed E-state index contributed by atoms with van der Waals surface area (Å²) in [4.78, 5) is 38.2. The number of carbonyl (C=O) groups is 3. The summed E-state index contributed by atoms with van der Waals surface area (Å²) in [6.07, 6.45) is 2.04. The Hall–Kier alpha value is -4.05. The predicted molar refractivity (Wildman–Crippen MR) is 118 cm³/mol. The molecule has 1 unspecified atom stereocenters. The van der Waals surface area contributed by atoms with Crippen LogP contribution in [0.15, 0.2) is 73.0 Å². The maximum Gasteiger partial charge on any atom is 0.384 e. The van der Waals surface area contributed by atoms with Gasteiger partial charge in [0.1, 0.15) is 0 Å². The molecule has 0 spiro atoms. The molecule has 7 heteroatoms. The van der Waals surface area contributed by atoms with Crippen molar-refractivity contribution < 1.29 is 28.6 Å². The zero-order valence-electron chi connectivity index (χ0n) is 18.2. The summed E-state index contributed by atoms with van der Waals surface area (Å²) in [7, 11) is 2.40. The summed E-state index contributed by atoms with van der Waals surface area (Å²) >= 11 is 0. The summed E-state index contributed by atoms with van der Waals surface area (Å²) < 4.78 is 14.6. The van der Waals surface area contributed by atoms with Crippen molar-refractivity contribution >= 4 is 17.8 Å². The molecule has 0 bridgehead atoms. The molecule has 0 heterocycles. The zero-order chi connectivity index (χ0) is 23.4. The lowest BCUT2D eigenvalue weighted by atomic mass is 10.0. The van der Waals surface area contributed by atoms with Crippen molar-refractivity contribution in [2.24, 2.45) is 0 Å². The summed E-state index contributed by atoms with van der Waals surface area (Å²) in [6, 6.07) is 18.9. The molecule has 0 saturated heterocycles. The second-order valence-corrected chi connectivity index (χ2v) is 6.85. The molecule has 1 amide bonds. The van der Waals surface area contributed by atoms with Crippen molar-refractivity contribution in [2.45, 2.75) is 25.6 Å². The van der Waals surface area contributed by atoms with Crippen LogP contribution in [0.1, 0.15) is 18.1 Å². The molecule has 7 nitrogen and oxygen atoms in total. The van der Waals surface area contributed by atoms with Gasteiger partial charge in [-0.15, -0.1) is 0 Å². The largest absolute Gasteiger partial charge is 0.473 e. The number of methoxy groups -OCH3 is 2. The molecule has 0 radical (unpaired) electrons. The van der Waals surface area contributed by atoms with E-state index in [0.29, 0.717) is 0 Å². The van der Waals surface area contributed by atoms with E-state index in [-0.39, 0.29) is 13.1 Å². The highest BCUT2D eigenvalue weighted by molar-refractivity contribution is 5.93. The van der Waals surface area contributed by atoms with Crippen LogP contribution < -0.4 is 0 Å². The Morgan fingerprint density at radius 3 is 1.91 bits per heavy atom. The second kappa shape index (κ2) is 12.0. The molecule has 2 rings (SSSR count). The third-order valence-corrected chi connectivity index (χ3v) is 4.43. The van der Waals surface area contributed by atoms with Crippen LogP contribution >= 0.6 is 0 Å². The molecule has 2 aromatic rings. The van der Waals surface area contributed by atoms with Crippen LogP contribution in [0.25, 0.3) is 0 Å². The summed E-state index contributed by atoms with van der Waals surface area (Å²) in [5, 5.41) is 0. The number of nitrogens with zero attached hydrogens (tertiary/aromatic N) is 1. The first kappa shape index (κ1) is 24.2. The van der Waals surface area contributed by atoms with E-state index < -0.39 is 23.4 Å². The molecule has 0 aromatic heterocycles. The molecule has 1 atom stereocenters. The lowest BCUT2D eigenvalue weighted by molar-refractivity contribution is -0.146. The maximum atomic E-state index is 13.6. The Morgan fingerprint density at radius 1 is 0.906 bits per heavy atom. The molecule has 166 valence electrons. The molecule has 0 aliphatic heterocycles. The van der Waals surface area contributed by atoms with Gasteiger partial charge in [0, 0.05) is 19.0 Å². The van der Waals surface area contributed by atoms with Gasteiger partial charge < -0.3 is 19.1 Å². The Kier molecular flexibility index (Phi) is 9.05. The number of rotatable bonds is 8. The average Bonchev–Trinajstić information content (AvgIpc) is 2.82. The van der Waals surface area contributed by atoms with Crippen LogP contribution in [0, 0.1) is 11.8 Å². The van der Waals surface area contributed by atoms with Crippen molar-refractivity contribution in [3.05, 3.63) is 84.1 Å². The third kappa shape index (κ3) is 7.33. The first-order valence-electron chi connectivity index (χ1n) is 9.78. The van der Waals surface area contributed by atoms with Gasteiger partial charge in [0.25, 0.3) is 5.91 Å². The van der Waals surface area contributed by atoms with Crippen LogP contribution in [-0.4, -0.2) is 42.6 Å². The van der Waals surface area contributed by atoms with Crippen LogP contribution in [0.5, 0.6) is 0 Å². The second-order valence-electron chi connectivity index (χ2n) is 6.85. The summed E-state index contributed by atoms with van der Waals surface area (Å²) in [5.41, 5.74) is 0.0535. The van der Waals surface area contributed by atoms with Crippen molar-refractivity contribution in [1.29, 1.82) is 0 Å². The Bertz CT molecular complexity index is 965. The highest BCUT2D eigenvalue weighted by Gasteiger charge is 2.37. The van der Waals surface area contributed by atoms with Crippen LogP contribution in [0.3, 0.4) is 0 Å². The standard InChI is InChI=1S/C25H25NO6/c1-25(16-14-22(27)30-2,32-17-15-23(28)31-3)24(29)26(18-20-10-6-4-7-11-20)19-21-12-8-5-9-13-21/h4-13,15,17H,18-19H2,1-3H3/b17-15+. The van der Waals surface area contributed by atoms with E-state index in [1.165, 1.54) is 21.1 Å². The molecule has 0 aliphatic carbocycles. The minimum Gasteiger partial charge on any atom is -0.473 e.